The van der Waals surface area contributed by atoms with E-state index in [0.29, 0.717) is 34.9 Å². The predicted molar refractivity (Wildman–Crippen MR) is 141 cm³/mol. The fraction of sp³-hybridized carbons (Fsp3) is 0.200. The van der Waals surface area contributed by atoms with Gasteiger partial charge in [-0.25, -0.2) is 4.79 Å². The Morgan fingerprint density at radius 2 is 1.44 bits per heavy atom. The smallest absolute Gasteiger partial charge is 0.343 e. The molecule has 0 spiro atoms. The number of ether oxygens (including phenoxy) is 2. The van der Waals surface area contributed by atoms with Crippen LogP contribution in [0.2, 0.25) is 0 Å². The van der Waals surface area contributed by atoms with E-state index < -0.39 is 5.97 Å². The highest BCUT2D eigenvalue weighted by molar-refractivity contribution is 6.00. The van der Waals surface area contributed by atoms with Gasteiger partial charge in [-0.3, -0.25) is 4.79 Å². The Kier molecular flexibility index (Phi) is 8.19. The number of benzene rings is 4. The number of carbonyl (C=O) groups excluding carboxylic acids is 2. The predicted octanol–water partition coefficient (Wildman–Crippen LogP) is 8.25. The summed E-state index contributed by atoms with van der Waals surface area (Å²) < 4.78 is 11.5. The zero-order valence-corrected chi connectivity index (χ0v) is 20.4. The summed E-state index contributed by atoms with van der Waals surface area (Å²) in [7, 11) is 0. The summed E-state index contributed by atoms with van der Waals surface area (Å²) >= 11 is 0. The number of rotatable bonds is 10. The number of carbonyl (C=O) groups is 2. The first-order valence-electron chi connectivity index (χ1n) is 12.0. The molecule has 36 heavy (non-hydrogen) atoms. The minimum Gasteiger partial charge on any atom is -0.494 e. The average molecular weight is 481 g/mol. The lowest BCUT2D eigenvalue weighted by atomic mass is 10.1. The van der Waals surface area contributed by atoms with Crippen molar-refractivity contribution < 1.29 is 19.1 Å². The molecule has 0 bridgehead atoms. The molecule has 6 heteroatoms. The summed E-state index contributed by atoms with van der Waals surface area (Å²) in [6.45, 7) is 4.34. The van der Waals surface area contributed by atoms with Gasteiger partial charge in [-0.15, -0.1) is 5.11 Å². The van der Waals surface area contributed by atoms with Gasteiger partial charge in [0.1, 0.15) is 11.5 Å². The van der Waals surface area contributed by atoms with E-state index in [4.69, 9.17) is 9.47 Å². The van der Waals surface area contributed by atoms with Gasteiger partial charge in [0.2, 0.25) is 0 Å². The quantitative estimate of drug-likeness (QED) is 0.0753. The zero-order valence-electron chi connectivity index (χ0n) is 20.4. The van der Waals surface area contributed by atoms with Crippen molar-refractivity contribution in [2.24, 2.45) is 10.2 Å². The number of nitrogens with zero attached hydrogens (tertiary/aromatic N) is 2. The Hall–Kier alpha value is -4.32. The van der Waals surface area contributed by atoms with Gasteiger partial charge in [0, 0.05) is 16.3 Å². The third kappa shape index (κ3) is 6.21. The standard InChI is InChI=1S/C30H28N2O4/c1-3-4-7-20-35-25-16-12-23(13-17-25)30(34)36-29-19-18-28(26-8-5-6-9-27(26)29)32-31-24-14-10-22(11-15-24)21(2)33/h5-6,8-19H,3-4,7,20H2,1-2H3. The number of azo groups is 1. The summed E-state index contributed by atoms with van der Waals surface area (Å²) in [5.41, 5.74) is 2.35. The van der Waals surface area contributed by atoms with Crippen molar-refractivity contribution in [2.75, 3.05) is 6.61 Å². The van der Waals surface area contributed by atoms with Crippen LogP contribution in [0.1, 0.15) is 53.8 Å². The first-order valence-corrected chi connectivity index (χ1v) is 12.0. The molecule has 0 atom stereocenters. The second kappa shape index (κ2) is 11.9. The van der Waals surface area contributed by atoms with E-state index in [2.05, 4.69) is 17.2 Å². The SMILES string of the molecule is CCCCCOc1ccc(C(=O)Oc2ccc(N=Nc3ccc(C(C)=O)cc3)c3ccccc23)cc1. The number of Topliss-reactive ketones (excluding diaryl/α,β-unsaturated/α-hetero) is 1. The molecule has 4 aromatic carbocycles. The van der Waals surface area contributed by atoms with Crippen LogP contribution >= 0.6 is 0 Å². The average Bonchev–Trinajstić information content (AvgIpc) is 2.91. The third-order valence-electron chi connectivity index (χ3n) is 5.72. The number of fused-ring (bicyclic) bond motifs is 1. The van der Waals surface area contributed by atoms with Crippen LogP contribution in [0.25, 0.3) is 10.8 Å². The number of hydrogen-bond donors (Lipinski definition) is 0. The van der Waals surface area contributed by atoms with Crippen LogP contribution in [0.15, 0.2) is 95.2 Å². The third-order valence-corrected chi connectivity index (χ3v) is 5.72. The molecule has 0 aliphatic heterocycles. The molecule has 0 saturated heterocycles. The van der Waals surface area contributed by atoms with E-state index in [0.717, 1.165) is 35.8 Å². The maximum atomic E-state index is 12.8. The number of hydrogen-bond acceptors (Lipinski definition) is 6. The number of ketones is 1. The van der Waals surface area contributed by atoms with Gasteiger partial charge in [-0.2, -0.15) is 5.11 Å². The molecule has 4 aromatic rings. The second-order valence-corrected chi connectivity index (χ2v) is 8.40. The topological polar surface area (TPSA) is 77.3 Å². The van der Waals surface area contributed by atoms with Gasteiger partial charge in [-0.05, 0) is 74.0 Å². The monoisotopic (exact) mass is 480 g/mol. The molecular formula is C30H28N2O4. The highest BCUT2D eigenvalue weighted by Gasteiger charge is 2.13. The van der Waals surface area contributed by atoms with Gasteiger partial charge in [0.15, 0.2) is 5.78 Å². The minimum atomic E-state index is -0.447. The van der Waals surface area contributed by atoms with E-state index in [1.165, 1.54) is 6.92 Å². The largest absolute Gasteiger partial charge is 0.494 e. The van der Waals surface area contributed by atoms with Gasteiger partial charge >= 0.3 is 5.97 Å². The Labute approximate surface area is 210 Å². The molecule has 182 valence electrons. The Balaban J connectivity index is 1.49. The van der Waals surface area contributed by atoms with Crippen LogP contribution < -0.4 is 9.47 Å². The molecule has 0 unspecified atom stereocenters. The molecule has 0 amide bonds. The van der Waals surface area contributed by atoms with E-state index in [1.54, 1.807) is 60.7 Å². The Morgan fingerprint density at radius 1 is 0.750 bits per heavy atom. The summed E-state index contributed by atoms with van der Waals surface area (Å²) in [6, 6.07) is 25.0. The molecule has 4 rings (SSSR count). The maximum Gasteiger partial charge on any atom is 0.343 e. The lowest BCUT2D eigenvalue weighted by molar-refractivity contribution is 0.0737. The highest BCUT2D eigenvalue weighted by atomic mass is 16.5. The number of unbranched alkanes of at least 4 members (excludes halogenated alkanes) is 2. The molecule has 0 radical (unpaired) electrons. The van der Waals surface area contributed by atoms with E-state index in [-0.39, 0.29) is 5.78 Å². The van der Waals surface area contributed by atoms with Crippen LogP contribution in [-0.2, 0) is 0 Å². The minimum absolute atomic E-state index is 0.00121. The lowest BCUT2D eigenvalue weighted by Crippen LogP contribution is -2.08. The zero-order chi connectivity index (χ0) is 25.3. The summed E-state index contributed by atoms with van der Waals surface area (Å²) in [5.74, 6) is 0.734. The van der Waals surface area contributed by atoms with Gasteiger partial charge in [0.05, 0.1) is 23.5 Å². The van der Waals surface area contributed by atoms with Crippen molar-refractivity contribution in [3.8, 4) is 11.5 Å². The normalized spacial score (nSPS) is 11.1. The fourth-order valence-electron chi connectivity index (χ4n) is 3.69. The fourth-order valence-corrected chi connectivity index (χ4v) is 3.69. The Bertz CT molecular complexity index is 1380. The molecule has 0 saturated carbocycles. The van der Waals surface area contributed by atoms with Crippen LogP contribution in [-0.4, -0.2) is 18.4 Å². The van der Waals surface area contributed by atoms with Gasteiger partial charge in [0.25, 0.3) is 0 Å². The van der Waals surface area contributed by atoms with Crippen molar-refractivity contribution in [3.63, 3.8) is 0 Å². The Morgan fingerprint density at radius 3 is 2.14 bits per heavy atom. The summed E-state index contributed by atoms with van der Waals surface area (Å²) in [6.07, 6.45) is 3.28. The first kappa shape index (κ1) is 24.8. The van der Waals surface area contributed by atoms with Gasteiger partial charge < -0.3 is 9.47 Å². The molecule has 0 fully saturated rings. The van der Waals surface area contributed by atoms with Crippen molar-refractivity contribution in [1.29, 1.82) is 0 Å². The molecule has 0 aliphatic rings. The van der Waals surface area contributed by atoms with Crippen LogP contribution in [0.3, 0.4) is 0 Å². The molecule has 0 aromatic heterocycles. The van der Waals surface area contributed by atoms with Crippen molar-refractivity contribution in [1.82, 2.24) is 0 Å². The molecule has 0 N–H and O–H groups in total. The molecule has 0 heterocycles. The van der Waals surface area contributed by atoms with E-state index in [9.17, 15) is 9.59 Å². The summed E-state index contributed by atoms with van der Waals surface area (Å²) in [4.78, 5) is 24.3. The van der Waals surface area contributed by atoms with Crippen molar-refractivity contribution >= 4 is 33.9 Å². The molecular weight excluding hydrogens is 452 g/mol. The van der Waals surface area contributed by atoms with Crippen LogP contribution in [0.5, 0.6) is 11.5 Å². The maximum absolute atomic E-state index is 12.8. The number of esters is 1. The van der Waals surface area contributed by atoms with E-state index in [1.807, 2.05) is 24.3 Å². The highest BCUT2D eigenvalue weighted by Crippen LogP contribution is 2.34. The second-order valence-electron chi connectivity index (χ2n) is 8.40. The molecule has 0 aliphatic carbocycles. The first-order chi connectivity index (χ1) is 17.5. The summed E-state index contributed by atoms with van der Waals surface area (Å²) in [5, 5.41) is 10.3. The van der Waals surface area contributed by atoms with Crippen LogP contribution in [0.4, 0.5) is 11.4 Å². The van der Waals surface area contributed by atoms with Crippen LogP contribution in [0, 0.1) is 0 Å². The van der Waals surface area contributed by atoms with Crippen molar-refractivity contribution in [2.45, 2.75) is 33.1 Å². The molecule has 6 nitrogen and oxygen atoms in total. The lowest BCUT2D eigenvalue weighted by Gasteiger charge is -2.10. The van der Waals surface area contributed by atoms with Crippen molar-refractivity contribution in [3.05, 3.63) is 96.1 Å². The van der Waals surface area contributed by atoms with E-state index >= 15 is 0 Å². The van der Waals surface area contributed by atoms with Gasteiger partial charge in [-0.1, -0.05) is 44.0 Å².